The van der Waals surface area contributed by atoms with E-state index < -0.39 is 6.10 Å². The van der Waals surface area contributed by atoms with E-state index in [2.05, 4.69) is 14.9 Å². The van der Waals surface area contributed by atoms with Crippen LogP contribution in [0.4, 0.5) is 5.82 Å². The van der Waals surface area contributed by atoms with Crippen molar-refractivity contribution in [1.82, 2.24) is 9.97 Å². The highest BCUT2D eigenvalue weighted by Crippen LogP contribution is 2.32. The predicted molar refractivity (Wildman–Crippen MR) is 103 cm³/mol. The van der Waals surface area contributed by atoms with Crippen molar-refractivity contribution in [2.24, 2.45) is 5.92 Å². The summed E-state index contributed by atoms with van der Waals surface area (Å²) in [6, 6.07) is 9.85. The molecule has 0 aliphatic carbocycles. The molecule has 1 saturated heterocycles. The van der Waals surface area contributed by atoms with Gasteiger partial charge in [-0.05, 0) is 36.8 Å². The number of thiazole rings is 1. The van der Waals surface area contributed by atoms with E-state index in [4.69, 9.17) is 4.74 Å². The minimum Gasteiger partial charge on any atom is -0.497 e. The number of anilines is 1. The first-order valence-electron chi connectivity index (χ1n) is 8.63. The summed E-state index contributed by atoms with van der Waals surface area (Å²) in [5, 5.41) is 20.3. The van der Waals surface area contributed by atoms with E-state index in [0.29, 0.717) is 6.54 Å². The maximum atomic E-state index is 10.1. The molecule has 0 spiro atoms. The summed E-state index contributed by atoms with van der Waals surface area (Å²) < 4.78 is 6.35. The van der Waals surface area contributed by atoms with Crippen molar-refractivity contribution in [3.63, 3.8) is 0 Å². The number of pyridine rings is 1. The Kier molecular flexibility index (Phi) is 4.76. The first kappa shape index (κ1) is 17.2. The SMILES string of the molecule is COc1ccc2nc(-c3ccc(N4CC[C@H](CO)[C@H](O)C4)nc3)sc2c1. The molecule has 1 aliphatic rings. The molecule has 0 radical (unpaired) electrons. The molecule has 0 saturated carbocycles. The van der Waals surface area contributed by atoms with Gasteiger partial charge in [0.15, 0.2) is 0 Å². The van der Waals surface area contributed by atoms with Crippen LogP contribution in [-0.4, -0.2) is 53.1 Å². The molecule has 2 atom stereocenters. The zero-order valence-electron chi connectivity index (χ0n) is 14.5. The van der Waals surface area contributed by atoms with Crippen molar-refractivity contribution in [3.8, 4) is 16.3 Å². The van der Waals surface area contributed by atoms with Crippen LogP contribution in [0, 0.1) is 5.92 Å². The Balaban J connectivity index is 1.54. The lowest BCUT2D eigenvalue weighted by Crippen LogP contribution is -2.45. The number of aliphatic hydroxyl groups is 2. The minimum absolute atomic E-state index is 0.0315. The number of hydrogen-bond donors (Lipinski definition) is 2. The van der Waals surface area contributed by atoms with Gasteiger partial charge < -0.3 is 19.8 Å². The number of methoxy groups -OCH3 is 1. The molecule has 3 heterocycles. The van der Waals surface area contributed by atoms with Crippen molar-refractivity contribution < 1.29 is 14.9 Å². The summed E-state index contributed by atoms with van der Waals surface area (Å²) in [4.78, 5) is 11.3. The first-order chi connectivity index (χ1) is 12.7. The highest BCUT2D eigenvalue weighted by atomic mass is 32.1. The number of β-amino-alcohol motifs (C(OH)–C–C–N with tert-alkyl or cyclic N) is 1. The van der Waals surface area contributed by atoms with Crippen molar-refractivity contribution >= 4 is 27.4 Å². The number of fused-ring (bicyclic) bond motifs is 1. The normalized spacial score (nSPS) is 20.5. The third kappa shape index (κ3) is 3.25. The monoisotopic (exact) mass is 371 g/mol. The number of nitrogens with zero attached hydrogens (tertiary/aromatic N) is 3. The molecule has 7 heteroatoms. The van der Waals surface area contributed by atoms with Gasteiger partial charge >= 0.3 is 0 Å². The van der Waals surface area contributed by atoms with E-state index in [0.717, 1.165) is 45.3 Å². The quantitative estimate of drug-likeness (QED) is 0.734. The maximum Gasteiger partial charge on any atom is 0.128 e. The molecule has 6 nitrogen and oxygen atoms in total. The number of piperidine rings is 1. The van der Waals surface area contributed by atoms with Crippen LogP contribution in [0.3, 0.4) is 0 Å². The van der Waals surface area contributed by atoms with Gasteiger partial charge in [-0.3, -0.25) is 0 Å². The van der Waals surface area contributed by atoms with Crippen molar-refractivity contribution in [2.45, 2.75) is 12.5 Å². The molecule has 0 unspecified atom stereocenters. The highest BCUT2D eigenvalue weighted by molar-refractivity contribution is 7.21. The zero-order valence-corrected chi connectivity index (χ0v) is 15.3. The Morgan fingerprint density at radius 1 is 1.31 bits per heavy atom. The van der Waals surface area contributed by atoms with Gasteiger partial charge in [0.2, 0.25) is 0 Å². The van der Waals surface area contributed by atoms with Crippen molar-refractivity contribution in [1.29, 1.82) is 0 Å². The molecule has 136 valence electrons. The average molecular weight is 371 g/mol. The molecule has 0 amide bonds. The smallest absolute Gasteiger partial charge is 0.128 e. The van der Waals surface area contributed by atoms with E-state index >= 15 is 0 Å². The van der Waals surface area contributed by atoms with E-state index in [1.807, 2.05) is 36.5 Å². The second-order valence-corrected chi connectivity index (χ2v) is 7.53. The van der Waals surface area contributed by atoms with Crippen molar-refractivity contribution in [3.05, 3.63) is 36.5 Å². The fourth-order valence-corrected chi connectivity index (χ4v) is 4.24. The molecule has 26 heavy (non-hydrogen) atoms. The van der Waals surface area contributed by atoms with E-state index in [1.165, 1.54) is 0 Å². The topological polar surface area (TPSA) is 78.7 Å². The number of aliphatic hydroxyl groups excluding tert-OH is 2. The summed E-state index contributed by atoms with van der Waals surface area (Å²) in [6.45, 7) is 1.32. The Bertz CT molecular complexity index is 897. The molecular weight excluding hydrogens is 350 g/mol. The predicted octanol–water partition coefficient (Wildman–Crippen LogP) is 2.55. The van der Waals surface area contributed by atoms with Gasteiger partial charge in [-0.2, -0.15) is 0 Å². The van der Waals surface area contributed by atoms with Crippen LogP contribution in [0.25, 0.3) is 20.8 Å². The molecule has 3 aromatic rings. The van der Waals surface area contributed by atoms with Crippen LogP contribution in [0.2, 0.25) is 0 Å². The van der Waals surface area contributed by atoms with Crippen LogP contribution in [0.1, 0.15) is 6.42 Å². The number of benzene rings is 1. The summed E-state index contributed by atoms with van der Waals surface area (Å²) >= 11 is 1.61. The molecule has 0 bridgehead atoms. The molecule has 2 aromatic heterocycles. The van der Waals surface area contributed by atoms with Crippen LogP contribution in [0.15, 0.2) is 36.5 Å². The lowest BCUT2D eigenvalue weighted by Gasteiger charge is -2.35. The van der Waals surface area contributed by atoms with Crippen LogP contribution >= 0.6 is 11.3 Å². The summed E-state index contributed by atoms with van der Waals surface area (Å²) in [7, 11) is 1.66. The highest BCUT2D eigenvalue weighted by Gasteiger charge is 2.27. The Morgan fingerprint density at radius 2 is 2.19 bits per heavy atom. The molecule has 4 rings (SSSR count). The first-order valence-corrected chi connectivity index (χ1v) is 9.44. The number of rotatable bonds is 4. The average Bonchev–Trinajstić information content (AvgIpc) is 3.11. The van der Waals surface area contributed by atoms with E-state index in [-0.39, 0.29) is 12.5 Å². The molecule has 1 fully saturated rings. The largest absolute Gasteiger partial charge is 0.497 e. The van der Waals surface area contributed by atoms with E-state index in [1.54, 1.807) is 18.4 Å². The standard InChI is InChI=1S/C19H21N3O3S/c1-25-14-3-4-15-17(8-14)26-19(21-15)12-2-5-18(20-9-12)22-7-6-13(11-23)16(24)10-22/h2-5,8-9,13,16,23-24H,6-7,10-11H2,1H3/t13-,16-/m1/s1. The third-order valence-corrected chi connectivity index (χ3v) is 5.94. The number of hydrogen-bond acceptors (Lipinski definition) is 7. The second-order valence-electron chi connectivity index (χ2n) is 6.50. The number of ether oxygens (including phenoxy) is 1. The summed E-state index contributed by atoms with van der Waals surface area (Å²) in [5.74, 6) is 1.63. The third-order valence-electron chi connectivity index (χ3n) is 4.87. The fraction of sp³-hybridized carbons (Fsp3) is 0.368. The molecule has 1 aliphatic heterocycles. The van der Waals surface area contributed by atoms with Gasteiger partial charge in [0.05, 0.1) is 23.4 Å². The van der Waals surface area contributed by atoms with Crippen LogP contribution in [0.5, 0.6) is 5.75 Å². The minimum atomic E-state index is -0.519. The molecule has 1 aromatic carbocycles. The number of aromatic nitrogens is 2. The van der Waals surface area contributed by atoms with Crippen LogP contribution < -0.4 is 9.64 Å². The Morgan fingerprint density at radius 3 is 2.88 bits per heavy atom. The van der Waals surface area contributed by atoms with Gasteiger partial charge in [-0.25, -0.2) is 9.97 Å². The van der Waals surface area contributed by atoms with Gasteiger partial charge in [0, 0.05) is 37.4 Å². The van der Waals surface area contributed by atoms with Gasteiger partial charge in [-0.15, -0.1) is 11.3 Å². The molecular formula is C19H21N3O3S. The van der Waals surface area contributed by atoms with Gasteiger partial charge in [0.25, 0.3) is 0 Å². The second kappa shape index (κ2) is 7.19. The maximum absolute atomic E-state index is 10.1. The zero-order chi connectivity index (χ0) is 18.1. The summed E-state index contributed by atoms with van der Waals surface area (Å²) in [6.07, 6.45) is 2.07. The Labute approximate surface area is 155 Å². The van der Waals surface area contributed by atoms with Crippen LogP contribution in [-0.2, 0) is 0 Å². The van der Waals surface area contributed by atoms with E-state index in [9.17, 15) is 10.2 Å². The lowest BCUT2D eigenvalue weighted by atomic mass is 9.95. The van der Waals surface area contributed by atoms with Gasteiger partial charge in [-0.1, -0.05) is 0 Å². The summed E-state index contributed by atoms with van der Waals surface area (Å²) in [5.41, 5.74) is 1.92. The van der Waals surface area contributed by atoms with Crippen molar-refractivity contribution in [2.75, 3.05) is 31.7 Å². The van der Waals surface area contributed by atoms with Gasteiger partial charge in [0.1, 0.15) is 16.6 Å². The fourth-order valence-electron chi connectivity index (χ4n) is 3.26. The Hall–Kier alpha value is -2.22. The lowest BCUT2D eigenvalue weighted by molar-refractivity contribution is 0.0546. The molecule has 2 N–H and O–H groups in total.